The van der Waals surface area contributed by atoms with Crippen LogP contribution in [0.4, 0.5) is 20.6 Å². The lowest BCUT2D eigenvalue weighted by molar-refractivity contribution is -0.119. The van der Waals surface area contributed by atoms with Gasteiger partial charge in [0, 0.05) is 30.7 Å². The smallest absolute Gasteiger partial charge is 0.414 e. The summed E-state index contributed by atoms with van der Waals surface area (Å²) in [7, 11) is 1.68. The molecule has 2 aromatic carbocycles. The van der Waals surface area contributed by atoms with Crippen molar-refractivity contribution in [1.82, 2.24) is 5.32 Å². The summed E-state index contributed by atoms with van der Waals surface area (Å²) in [6.07, 6.45) is 0.415. The SMILES string of the molecule is CC(=O)NC[C@H]1CN(c2ccc(C=C3C(=O)N(C)c4ccccc43)c(F)c2)C(=O)O1. The number of benzene rings is 2. The Hall–Kier alpha value is -3.68. The van der Waals surface area contributed by atoms with Crippen LogP contribution in [0.5, 0.6) is 0 Å². The Kier molecular flexibility index (Phi) is 4.99. The van der Waals surface area contributed by atoms with Gasteiger partial charge < -0.3 is 15.0 Å². The number of hydrogen-bond acceptors (Lipinski definition) is 4. The van der Waals surface area contributed by atoms with Crippen molar-refractivity contribution in [2.24, 2.45) is 0 Å². The molecule has 0 spiro atoms. The number of nitrogens with one attached hydrogen (secondary N) is 1. The maximum absolute atomic E-state index is 14.8. The van der Waals surface area contributed by atoms with Gasteiger partial charge in [-0.05, 0) is 30.3 Å². The van der Waals surface area contributed by atoms with Crippen LogP contribution >= 0.6 is 0 Å². The van der Waals surface area contributed by atoms with Gasteiger partial charge in [-0.3, -0.25) is 14.5 Å². The van der Waals surface area contributed by atoms with Gasteiger partial charge in [0.25, 0.3) is 5.91 Å². The average molecular weight is 409 g/mol. The minimum absolute atomic E-state index is 0.194. The molecule has 154 valence electrons. The fourth-order valence-electron chi connectivity index (χ4n) is 3.59. The highest BCUT2D eigenvalue weighted by Gasteiger charge is 2.33. The van der Waals surface area contributed by atoms with E-state index in [1.807, 2.05) is 24.3 Å². The van der Waals surface area contributed by atoms with Crippen molar-refractivity contribution in [2.45, 2.75) is 13.0 Å². The van der Waals surface area contributed by atoms with Crippen LogP contribution in [0, 0.1) is 5.82 Å². The summed E-state index contributed by atoms with van der Waals surface area (Å²) < 4.78 is 20.0. The number of cyclic esters (lactones) is 1. The number of ether oxygens (including phenoxy) is 1. The number of amides is 3. The van der Waals surface area contributed by atoms with E-state index in [0.717, 1.165) is 11.3 Å². The van der Waals surface area contributed by atoms with Crippen molar-refractivity contribution >= 4 is 40.9 Å². The van der Waals surface area contributed by atoms with Crippen LogP contribution < -0.4 is 15.1 Å². The van der Waals surface area contributed by atoms with Gasteiger partial charge in [-0.25, -0.2) is 9.18 Å². The zero-order valence-electron chi connectivity index (χ0n) is 16.5. The number of fused-ring (bicyclic) bond motifs is 1. The first-order chi connectivity index (χ1) is 14.3. The third-order valence-electron chi connectivity index (χ3n) is 5.14. The highest BCUT2D eigenvalue weighted by molar-refractivity contribution is 6.35. The molecule has 2 aromatic rings. The molecule has 3 amide bonds. The molecular weight excluding hydrogens is 389 g/mol. The van der Waals surface area contributed by atoms with Crippen LogP contribution in [-0.4, -0.2) is 44.1 Å². The molecule has 1 atom stereocenters. The molecule has 0 aromatic heterocycles. The van der Waals surface area contributed by atoms with Gasteiger partial charge in [0.1, 0.15) is 11.9 Å². The van der Waals surface area contributed by atoms with Gasteiger partial charge in [0.2, 0.25) is 5.91 Å². The molecule has 0 bridgehead atoms. The Labute approximate surface area is 172 Å². The van der Waals surface area contributed by atoms with Gasteiger partial charge in [0.15, 0.2) is 0 Å². The molecule has 4 rings (SSSR count). The van der Waals surface area contributed by atoms with Crippen LogP contribution in [0.15, 0.2) is 42.5 Å². The van der Waals surface area contributed by atoms with Gasteiger partial charge in [-0.2, -0.15) is 0 Å². The second-order valence-corrected chi connectivity index (χ2v) is 7.20. The molecule has 1 saturated heterocycles. The van der Waals surface area contributed by atoms with Crippen molar-refractivity contribution in [2.75, 3.05) is 29.9 Å². The number of likely N-dealkylation sites (N-methyl/N-ethyl adjacent to an activating group) is 1. The molecule has 30 heavy (non-hydrogen) atoms. The van der Waals surface area contributed by atoms with E-state index in [2.05, 4.69) is 5.32 Å². The quantitative estimate of drug-likeness (QED) is 0.788. The Bertz CT molecular complexity index is 1080. The summed E-state index contributed by atoms with van der Waals surface area (Å²) in [5.74, 6) is -0.983. The van der Waals surface area contributed by atoms with Crippen molar-refractivity contribution in [1.29, 1.82) is 0 Å². The van der Waals surface area contributed by atoms with Crippen LogP contribution in [0.3, 0.4) is 0 Å². The van der Waals surface area contributed by atoms with E-state index in [9.17, 15) is 18.8 Å². The minimum atomic E-state index is -0.600. The summed E-state index contributed by atoms with van der Waals surface area (Å²) in [6, 6.07) is 11.7. The fourth-order valence-corrected chi connectivity index (χ4v) is 3.59. The minimum Gasteiger partial charge on any atom is -0.442 e. The van der Waals surface area contributed by atoms with E-state index >= 15 is 0 Å². The van der Waals surface area contributed by atoms with Crippen molar-refractivity contribution in [3.8, 4) is 0 Å². The van der Waals surface area contributed by atoms with Crippen molar-refractivity contribution < 1.29 is 23.5 Å². The first-order valence-electron chi connectivity index (χ1n) is 9.46. The van der Waals surface area contributed by atoms with E-state index in [-0.39, 0.29) is 30.5 Å². The predicted molar refractivity (Wildman–Crippen MR) is 110 cm³/mol. The first-order valence-corrected chi connectivity index (χ1v) is 9.46. The predicted octanol–water partition coefficient (Wildman–Crippen LogP) is 2.80. The van der Waals surface area contributed by atoms with E-state index in [1.54, 1.807) is 13.1 Å². The normalized spacial score (nSPS) is 19.3. The fraction of sp³-hybridized carbons (Fsp3) is 0.227. The molecule has 8 heteroatoms. The molecule has 0 unspecified atom stereocenters. The molecule has 2 aliphatic rings. The maximum Gasteiger partial charge on any atom is 0.414 e. The first kappa shape index (κ1) is 19.6. The van der Waals surface area contributed by atoms with Gasteiger partial charge in [-0.1, -0.05) is 18.2 Å². The van der Waals surface area contributed by atoms with Crippen LogP contribution in [0.25, 0.3) is 11.6 Å². The second kappa shape index (κ2) is 7.62. The van der Waals surface area contributed by atoms with E-state index in [4.69, 9.17) is 4.74 Å². The lowest BCUT2D eigenvalue weighted by Gasteiger charge is -2.14. The van der Waals surface area contributed by atoms with Crippen molar-refractivity contribution in [3.05, 3.63) is 59.4 Å². The molecule has 0 saturated carbocycles. The Balaban J connectivity index is 1.58. The van der Waals surface area contributed by atoms with Gasteiger partial charge >= 0.3 is 6.09 Å². The molecular formula is C22H20FN3O4. The summed E-state index contributed by atoms with van der Waals surface area (Å²) in [4.78, 5) is 38.6. The monoisotopic (exact) mass is 409 g/mol. The summed E-state index contributed by atoms with van der Waals surface area (Å²) in [5, 5.41) is 2.60. The largest absolute Gasteiger partial charge is 0.442 e. The molecule has 0 aliphatic carbocycles. The third kappa shape index (κ3) is 3.52. The van der Waals surface area contributed by atoms with Crippen LogP contribution in [0.2, 0.25) is 0 Å². The Morgan fingerprint density at radius 2 is 2.03 bits per heavy atom. The van der Waals surface area contributed by atoms with E-state index in [1.165, 1.54) is 34.9 Å². The van der Waals surface area contributed by atoms with E-state index in [0.29, 0.717) is 11.3 Å². The number of nitrogens with zero attached hydrogens (tertiary/aromatic N) is 2. The summed E-state index contributed by atoms with van der Waals surface area (Å²) in [5.41, 5.74) is 2.53. The summed E-state index contributed by atoms with van der Waals surface area (Å²) in [6.45, 7) is 1.78. The topological polar surface area (TPSA) is 79.0 Å². The molecule has 2 heterocycles. The number of halogens is 1. The molecule has 0 radical (unpaired) electrons. The number of anilines is 2. The highest BCUT2D eigenvalue weighted by Crippen LogP contribution is 2.37. The average Bonchev–Trinajstić information content (AvgIpc) is 3.21. The zero-order valence-corrected chi connectivity index (χ0v) is 16.5. The third-order valence-corrected chi connectivity index (χ3v) is 5.14. The molecule has 7 nitrogen and oxygen atoms in total. The summed E-state index contributed by atoms with van der Waals surface area (Å²) >= 11 is 0. The maximum atomic E-state index is 14.8. The lowest BCUT2D eigenvalue weighted by Crippen LogP contribution is -2.33. The molecule has 1 fully saturated rings. The van der Waals surface area contributed by atoms with Gasteiger partial charge in [-0.15, -0.1) is 0 Å². The number of hydrogen-bond donors (Lipinski definition) is 1. The number of carbonyl (C=O) groups is 3. The van der Waals surface area contributed by atoms with Crippen molar-refractivity contribution in [3.63, 3.8) is 0 Å². The zero-order chi connectivity index (χ0) is 21.4. The standard InChI is InChI=1S/C22H20FN3O4/c1-13(27)24-11-16-12-26(22(29)30-16)15-8-7-14(19(23)10-15)9-18-17-5-3-4-6-20(17)25(2)21(18)28/h3-10,16H,11-12H2,1-2H3,(H,24,27)/t16-/m0/s1. The Morgan fingerprint density at radius 1 is 1.27 bits per heavy atom. The highest BCUT2D eigenvalue weighted by atomic mass is 19.1. The number of carbonyl (C=O) groups excluding carboxylic acids is 3. The number of rotatable bonds is 4. The van der Waals surface area contributed by atoms with Gasteiger partial charge in [0.05, 0.1) is 24.5 Å². The van der Waals surface area contributed by atoms with Crippen LogP contribution in [0.1, 0.15) is 18.1 Å². The van der Waals surface area contributed by atoms with Crippen LogP contribution in [-0.2, 0) is 14.3 Å². The number of para-hydroxylation sites is 1. The molecule has 2 aliphatic heterocycles. The second-order valence-electron chi connectivity index (χ2n) is 7.20. The Morgan fingerprint density at radius 3 is 2.77 bits per heavy atom. The lowest BCUT2D eigenvalue weighted by atomic mass is 10.0. The molecule has 1 N–H and O–H groups in total. The van der Waals surface area contributed by atoms with E-state index < -0.39 is 18.0 Å².